The number of nitrogens with zero attached hydrogens (tertiary/aromatic N) is 3. The molecule has 1 fully saturated rings. The van der Waals surface area contributed by atoms with Crippen LogP contribution in [0.4, 0.5) is 10.2 Å². The number of ketones is 2. The van der Waals surface area contributed by atoms with Gasteiger partial charge in [-0.3, -0.25) is 19.5 Å². The minimum absolute atomic E-state index is 0.0331. The van der Waals surface area contributed by atoms with Gasteiger partial charge in [0.05, 0.1) is 11.4 Å². The largest absolute Gasteiger partial charge is 0.337 e. The standard InChI is InChI=1S/C32H34FN5O2/c1-32(2,34)24-10-6-20(7-11-24)29(39)16-23-15-21(8-12-25(23)33)26-17-27(30(40)19-35-26)37-31-13-9-22(18-36-31)28-5-4-14-38(28)3/h6-13,15,17-18,28H,4-5,14,16,19,34H2,1-3H3,(H,36,37). The molecule has 3 N–H and O–H groups in total. The van der Waals surface area contributed by atoms with E-state index < -0.39 is 11.4 Å². The van der Waals surface area contributed by atoms with E-state index in [1.807, 2.05) is 44.3 Å². The number of aliphatic imine (C=N–C) groups is 1. The van der Waals surface area contributed by atoms with Crippen LogP contribution in [-0.2, 0) is 16.8 Å². The smallest absolute Gasteiger partial charge is 0.200 e. The lowest BCUT2D eigenvalue weighted by Crippen LogP contribution is -2.28. The second-order valence-electron chi connectivity index (χ2n) is 11.1. The van der Waals surface area contributed by atoms with E-state index >= 15 is 0 Å². The monoisotopic (exact) mass is 539 g/mol. The number of pyridine rings is 1. The highest BCUT2D eigenvalue weighted by atomic mass is 19.1. The number of Topliss-reactive ketones (excluding diaryl/α,β-unsaturated/α-hetero) is 2. The third kappa shape index (κ3) is 6.08. The molecule has 0 aliphatic carbocycles. The highest BCUT2D eigenvalue weighted by molar-refractivity contribution is 6.17. The molecule has 0 bridgehead atoms. The number of rotatable bonds is 8. The molecule has 2 aromatic carbocycles. The summed E-state index contributed by atoms with van der Waals surface area (Å²) in [4.78, 5) is 36.8. The van der Waals surface area contributed by atoms with E-state index in [4.69, 9.17) is 5.73 Å². The van der Waals surface area contributed by atoms with Gasteiger partial charge in [-0.2, -0.15) is 0 Å². The van der Waals surface area contributed by atoms with Crippen LogP contribution < -0.4 is 11.1 Å². The van der Waals surface area contributed by atoms with Crippen molar-refractivity contribution in [1.82, 2.24) is 9.88 Å². The van der Waals surface area contributed by atoms with Gasteiger partial charge >= 0.3 is 0 Å². The van der Waals surface area contributed by atoms with Crippen LogP contribution in [0.15, 0.2) is 77.6 Å². The van der Waals surface area contributed by atoms with Crippen molar-refractivity contribution in [2.45, 2.75) is 44.7 Å². The Morgan fingerprint density at radius 1 is 1.15 bits per heavy atom. The molecule has 5 rings (SSSR count). The highest BCUT2D eigenvalue weighted by Gasteiger charge is 2.23. The number of benzene rings is 2. The molecule has 3 heterocycles. The molecule has 2 aliphatic heterocycles. The Balaban J connectivity index is 1.31. The first kappa shape index (κ1) is 27.6. The molecule has 1 unspecified atom stereocenters. The van der Waals surface area contributed by atoms with Crippen LogP contribution in [-0.4, -0.2) is 47.3 Å². The number of likely N-dealkylation sites (tertiary alicyclic amines) is 1. The Labute approximate surface area is 234 Å². The number of hydrogen-bond acceptors (Lipinski definition) is 7. The lowest BCUT2D eigenvalue weighted by molar-refractivity contribution is -0.114. The maximum Gasteiger partial charge on any atom is 0.200 e. The SMILES string of the molecule is CN1CCCC1c1ccc(NC2=CC(c3ccc(F)c(CC(=O)c4ccc(C(C)(C)N)cc4)c3)=NCC2=O)nc1. The zero-order valence-electron chi connectivity index (χ0n) is 23.1. The summed E-state index contributed by atoms with van der Waals surface area (Å²) in [7, 11) is 2.12. The number of anilines is 1. The van der Waals surface area contributed by atoms with Crippen LogP contribution in [0.1, 0.15) is 65.3 Å². The van der Waals surface area contributed by atoms with Gasteiger partial charge in [0.15, 0.2) is 11.6 Å². The number of allylic oxidation sites excluding steroid dienone is 1. The van der Waals surface area contributed by atoms with E-state index in [-0.39, 0.29) is 30.1 Å². The van der Waals surface area contributed by atoms with Gasteiger partial charge in [-0.15, -0.1) is 0 Å². The fraction of sp³-hybridized carbons (Fsp3) is 0.312. The second kappa shape index (κ2) is 11.2. The summed E-state index contributed by atoms with van der Waals surface area (Å²) in [5.74, 6) is -0.260. The number of hydrogen-bond donors (Lipinski definition) is 2. The molecular weight excluding hydrogens is 505 g/mol. The first-order chi connectivity index (χ1) is 19.1. The van der Waals surface area contributed by atoms with Gasteiger partial charge in [0.1, 0.15) is 18.2 Å². The van der Waals surface area contributed by atoms with E-state index in [1.165, 1.54) is 12.5 Å². The van der Waals surface area contributed by atoms with Gasteiger partial charge in [0.25, 0.3) is 0 Å². The van der Waals surface area contributed by atoms with Crippen molar-refractivity contribution in [1.29, 1.82) is 0 Å². The molecule has 3 aromatic rings. The van der Waals surface area contributed by atoms with E-state index in [9.17, 15) is 14.0 Å². The molecule has 8 heteroatoms. The van der Waals surface area contributed by atoms with Crippen molar-refractivity contribution in [2.75, 3.05) is 25.5 Å². The first-order valence-corrected chi connectivity index (χ1v) is 13.5. The van der Waals surface area contributed by atoms with Gasteiger partial charge < -0.3 is 11.1 Å². The predicted octanol–water partition coefficient (Wildman–Crippen LogP) is 4.97. The van der Waals surface area contributed by atoms with E-state index in [0.29, 0.717) is 34.4 Å². The molecule has 206 valence electrons. The minimum atomic E-state index is -0.517. The number of halogens is 1. The number of aromatic nitrogens is 1. The van der Waals surface area contributed by atoms with Crippen molar-refractivity contribution in [3.63, 3.8) is 0 Å². The zero-order valence-corrected chi connectivity index (χ0v) is 23.1. The maximum absolute atomic E-state index is 14.7. The van der Waals surface area contributed by atoms with Crippen LogP contribution in [0, 0.1) is 5.82 Å². The summed E-state index contributed by atoms with van der Waals surface area (Å²) >= 11 is 0. The van der Waals surface area contributed by atoms with Crippen LogP contribution in [0.5, 0.6) is 0 Å². The van der Waals surface area contributed by atoms with Gasteiger partial charge in [-0.05, 0) is 87.3 Å². The Morgan fingerprint density at radius 2 is 1.93 bits per heavy atom. The van der Waals surface area contributed by atoms with E-state index in [1.54, 1.807) is 30.3 Å². The number of nitrogens with one attached hydrogen (secondary N) is 1. The lowest BCUT2D eigenvalue weighted by Gasteiger charge is -2.20. The van der Waals surface area contributed by atoms with Gasteiger partial charge in [0.2, 0.25) is 0 Å². The second-order valence-corrected chi connectivity index (χ2v) is 11.1. The van der Waals surface area contributed by atoms with Gasteiger partial charge in [0, 0.05) is 35.3 Å². The van der Waals surface area contributed by atoms with Crippen molar-refractivity contribution in [3.05, 3.63) is 106 Å². The third-order valence-corrected chi connectivity index (χ3v) is 7.57. The van der Waals surface area contributed by atoms with Crippen molar-refractivity contribution < 1.29 is 14.0 Å². The minimum Gasteiger partial charge on any atom is -0.337 e. The summed E-state index contributed by atoms with van der Waals surface area (Å²) in [6.45, 7) is 4.83. The number of nitrogens with two attached hydrogens (primary N) is 1. The quantitative estimate of drug-likeness (QED) is 0.392. The summed E-state index contributed by atoms with van der Waals surface area (Å²) in [5, 5.41) is 3.12. The predicted molar refractivity (Wildman–Crippen MR) is 155 cm³/mol. The molecular formula is C32H34FN5O2. The molecule has 40 heavy (non-hydrogen) atoms. The summed E-state index contributed by atoms with van der Waals surface area (Å²) in [6, 6.07) is 15.9. The normalized spacial score (nSPS) is 17.9. The third-order valence-electron chi connectivity index (χ3n) is 7.57. The van der Waals surface area contributed by atoms with Gasteiger partial charge in [-0.25, -0.2) is 9.37 Å². The van der Waals surface area contributed by atoms with Crippen LogP contribution in [0.3, 0.4) is 0 Å². The number of dihydropyridines is 1. The Morgan fingerprint density at radius 3 is 2.58 bits per heavy atom. The molecule has 0 amide bonds. The van der Waals surface area contributed by atoms with Crippen LogP contribution in [0.2, 0.25) is 0 Å². The topological polar surface area (TPSA) is 101 Å². The van der Waals surface area contributed by atoms with Crippen molar-refractivity contribution in [2.24, 2.45) is 10.7 Å². The van der Waals surface area contributed by atoms with Crippen LogP contribution in [0.25, 0.3) is 0 Å². The molecule has 2 aliphatic rings. The zero-order chi connectivity index (χ0) is 28.4. The fourth-order valence-electron chi connectivity index (χ4n) is 5.16. The molecule has 0 saturated carbocycles. The fourth-order valence-corrected chi connectivity index (χ4v) is 5.16. The molecule has 0 radical (unpaired) electrons. The van der Waals surface area contributed by atoms with E-state index in [0.717, 1.165) is 24.1 Å². The highest BCUT2D eigenvalue weighted by Crippen LogP contribution is 2.30. The van der Waals surface area contributed by atoms with Crippen molar-refractivity contribution in [3.8, 4) is 0 Å². The molecule has 1 aromatic heterocycles. The molecule has 0 spiro atoms. The summed E-state index contributed by atoms with van der Waals surface area (Å²) in [6.07, 6.45) is 5.69. The summed E-state index contributed by atoms with van der Waals surface area (Å²) in [5.41, 5.74) is 9.97. The van der Waals surface area contributed by atoms with E-state index in [2.05, 4.69) is 27.2 Å². The maximum atomic E-state index is 14.7. The first-order valence-electron chi connectivity index (χ1n) is 13.5. The Hall–Kier alpha value is -4.01. The molecule has 7 nitrogen and oxygen atoms in total. The molecule has 1 saturated heterocycles. The molecule has 1 atom stereocenters. The van der Waals surface area contributed by atoms with Gasteiger partial charge in [-0.1, -0.05) is 30.3 Å². The number of carbonyl (C=O) groups excluding carboxylic acids is 2. The van der Waals surface area contributed by atoms with Crippen LogP contribution >= 0.6 is 0 Å². The number of carbonyl (C=O) groups is 2. The average molecular weight is 540 g/mol. The lowest BCUT2D eigenvalue weighted by atomic mass is 9.93. The average Bonchev–Trinajstić information content (AvgIpc) is 3.37. The van der Waals surface area contributed by atoms with Crippen molar-refractivity contribution >= 4 is 23.1 Å². The Bertz CT molecular complexity index is 1490. The summed E-state index contributed by atoms with van der Waals surface area (Å²) < 4.78 is 14.7. The Kier molecular flexibility index (Phi) is 7.74.